The van der Waals surface area contributed by atoms with E-state index in [1.54, 1.807) is 0 Å². The van der Waals surface area contributed by atoms with Gasteiger partial charge in [0, 0.05) is 0 Å². The molecule has 356 valence electrons. The van der Waals surface area contributed by atoms with Crippen LogP contribution in [0.1, 0.15) is 361 Å². The van der Waals surface area contributed by atoms with E-state index in [4.69, 9.17) is 5.73 Å². The summed E-state index contributed by atoms with van der Waals surface area (Å²) in [4.78, 5) is 0. The van der Waals surface area contributed by atoms with Gasteiger partial charge >= 0.3 is 0 Å². The number of unbranched alkanes of at least 4 members (excludes halogenated alkanes) is 48. The summed E-state index contributed by atoms with van der Waals surface area (Å²) in [6.45, 7) is 5.51. The van der Waals surface area contributed by atoms with Crippen molar-refractivity contribution in [3.05, 3.63) is 0 Å². The summed E-state index contributed by atoms with van der Waals surface area (Å²) in [5.74, 6) is 1.03. The molecular weight excluding hydrogens is 711 g/mol. The molecular formula is C58H119N. The summed E-state index contributed by atoms with van der Waals surface area (Å²) < 4.78 is 0. The van der Waals surface area contributed by atoms with Crippen molar-refractivity contribution < 1.29 is 0 Å². The van der Waals surface area contributed by atoms with Gasteiger partial charge in [0.25, 0.3) is 0 Å². The van der Waals surface area contributed by atoms with Crippen molar-refractivity contribution in [2.24, 2.45) is 11.7 Å². The zero-order chi connectivity index (χ0) is 42.5. The van der Waals surface area contributed by atoms with Crippen molar-refractivity contribution >= 4 is 0 Å². The van der Waals surface area contributed by atoms with Crippen LogP contribution in [0.4, 0.5) is 0 Å². The summed E-state index contributed by atoms with van der Waals surface area (Å²) in [6.07, 6.45) is 79.7. The molecule has 0 saturated heterocycles. The molecule has 0 bridgehead atoms. The number of hydrogen-bond acceptors (Lipinski definition) is 1. The van der Waals surface area contributed by atoms with Crippen molar-refractivity contribution in [3.63, 3.8) is 0 Å². The Balaban J connectivity index is 3.95. The van der Waals surface area contributed by atoms with E-state index in [0.717, 1.165) is 12.5 Å². The van der Waals surface area contributed by atoms with Crippen molar-refractivity contribution in [2.45, 2.75) is 361 Å². The molecule has 0 saturated carbocycles. The van der Waals surface area contributed by atoms with Gasteiger partial charge in [0.15, 0.2) is 0 Å². The molecule has 0 aromatic rings. The lowest BCUT2D eigenvalue weighted by Gasteiger charge is -2.17. The molecule has 1 nitrogen and oxygen atoms in total. The van der Waals surface area contributed by atoms with Crippen molar-refractivity contribution in [2.75, 3.05) is 6.54 Å². The van der Waals surface area contributed by atoms with Crippen molar-refractivity contribution in [1.29, 1.82) is 0 Å². The molecule has 2 N–H and O–H groups in total. The predicted molar refractivity (Wildman–Crippen MR) is 273 cm³/mol. The second-order valence-corrected chi connectivity index (χ2v) is 20.3. The van der Waals surface area contributed by atoms with E-state index >= 15 is 0 Å². The lowest BCUT2D eigenvalue weighted by atomic mass is 9.89. The highest BCUT2D eigenvalue weighted by atomic mass is 14.5. The smallest absolute Gasteiger partial charge is 0.00773 e. The first-order chi connectivity index (χ1) is 29.3. The zero-order valence-electron chi connectivity index (χ0n) is 42.0. The second kappa shape index (κ2) is 56.0. The van der Waals surface area contributed by atoms with Crippen LogP contribution in [0.3, 0.4) is 0 Å². The molecule has 0 spiro atoms. The van der Waals surface area contributed by atoms with Crippen LogP contribution in [0.2, 0.25) is 0 Å². The molecule has 0 radical (unpaired) electrons. The van der Waals surface area contributed by atoms with Gasteiger partial charge in [0.1, 0.15) is 0 Å². The maximum absolute atomic E-state index is 5.61. The molecule has 0 fully saturated rings. The molecule has 0 aliphatic rings. The van der Waals surface area contributed by atoms with E-state index in [1.165, 1.54) is 347 Å². The largest absolute Gasteiger partial charge is 0.330 e. The first-order valence-corrected chi connectivity index (χ1v) is 29.0. The Kier molecular flexibility index (Phi) is 55.9. The van der Waals surface area contributed by atoms with Crippen molar-refractivity contribution in [3.8, 4) is 0 Å². The average molecular weight is 831 g/mol. The highest BCUT2D eigenvalue weighted by molar-refractivity contribution is 4.63. The van der Waals surface area contributed by atoms with Crippen LogP contribution in [0, 0.1) is 5.92 Å². The minimum absolute atomic E-state index is 0.875. The number of rotatable bonds is 55. The number of hydrogen-bond donors (Lipinski definition) is 1. The lowest BCUT2D eigenvalue weighted by Crippen LogP contribution is -2.01. The molecule has 0 heterocycles. The Morgan fingerprint density at radius 1 is 0.186 bits per heavy atom. The summed E-state index contributed by atoms with van der Waals surface area (Å²) in [5, 5.41) is 0. The molecule has 0 atom stereocenters. The molecule has 0 aliphatic heterocycles. The Morgan fingerprint density at radius 3 is 0.475 bits per heavy atom. The third-order valence-corrected chi connectivity index (χ3v) is 14.2. The molecule has 0 rings (SSSR count). The van der Waals surface area contributed by atoms with Gasteiger partial charge in [-0.2, -0.15) is 0 Å². The van der Waals surface area contributed by atoms with E-state index in [1.807, 2.05) is 0 Å². The Hall–Kier alpha value is -0.0400. The Morgan fingerprint density at radius 2 is 0.322 bits per heavy atom. The van der Waals surface area contributed by atoms with Crippen LogP contribution in [0.5, 0.6) is 0 Å². The maximum atomic E-state index is 5.61. The fraction of sp³-hybridized carbons (Fsp3) is 1.00. The zero-order valence-corrected chi connectivity index (χ0v) is 42.0. The van der Waals surface area contributed by atoms with Crippen LogP contribution in [-0.2, 0) is 0 Å². The van der Waals surface area contributed by atoms with Crippen LogP contribution in [0.25, 0.3) is 0 Å². The first kappa shape index (κ1) is 59.0. The molecule has 0 unspecified atom stereocenters. The van der Waals surface area contributed by atoms with Gasteiger partial charge in [-0.15, -0.1) is 0 Å². The molecule has 0 amide bonds. The predicted octanol–water partition coefficient (Wildman–Crippen LogP) is 21.7. The maximum Gasteiger partial charge on any atom is -0.00773 e. The third kappa shape index (κ3) is 54.0. The Bertz CT molecular complexity index is 647. The van der Waals surface area contributed by atoms with Gasteiger partial charge in [0.2, 0.25) is 0 Å². The van der Waals surface area contributed by atoms with E-state index in [0.29, 0.717) is 0 Å². The van der Waals surface area contributed by atoms with Gasteiger partial charge in [0.05, 0.1) is 0 Å². The molecule has 0 aromatic heterocycles. The van der Waals surface area contributed by atoms with E-state index in [2.05, 4.69) is 13.8 Å². The molecule has 0 aromatic carbocycles. The van der Waals surface area contributed by atoms with Gasteiger partial charge in [-0.05, 0) is 18.9 Å². The Labute approximate surface area is 377 Å². The highest BCUT2D eigenvalue weighted by Crippen LogP contribution is 2.25. The van der Waals surface area contributed by atoms with E-state index < -0.39 is 0 Å². The van der Waals surface area contributed by atoms with Crippen LogP contribution >= 0.6 is 0 Å². The van der Waals surface area contributed by atoms with E-state index in [9.17, 15) is 0 Å². The topological polar surface area (TPSA) is 26.0 Å². The summed E-state index contributed by atoms with van der Waals surface area (Å²) >= 11 is 0. The average Bonchev–Trinajstić information content (AvgIpc) is 3.25. The van der Waals surface area contributed by atoms with E-state index in [-0.39, 0.29) is 0 Å². The summed E-state index contributed by atoms with van der Waals surface area (Å²) in [7, 11) is 0. The third-order valence-electron chi connectivity index (χ3n) is 14.2. The minimum atomic E-state index is 0.875. The number of nitrogens with two attached hydrogens (primary N) is 1. The lowest BCUT2D eigenvalue weighted by molar-refractivity contribution is 0.365. The van der Waals surface area contributed by atoms with Crippen molar-refractivity contribution in [1.82, 2.24) is 0 Å². The van der Waals surface area contributed by atoms with Crippen LogP contribution in [0.15, 0.2) is 0 Å². The highest BCUT2D eigenvalue weighted by Gasteiger charge is 2.09. The quantitative estimate of drug-likeness (QED) is 0.0607. The van der Waals surface area contributed by atoms with Crippen LogP contribution in [-0.4, -0.2) is 6.54 Å². The molecule has 59 heavy (non-hydrogen) atoms. The summed E-state index contributed by atoms with van der Waals surface area (Å²) in [5.41, 5.74) is 5.61. The first-order valence-electron chi connectivity index (χ1n) is 29.0. The van der Waals surface area contributed by atoms with Gasteiger partial charge < -0.3 is 5.73 Å². The molecule has 1 heteroatoms. The fourth-order valence-corrected chi connectivity index (χ4v) is 9.98. The summed E-state index contributed by atoms with van der Waals surface area (Å²) in [6, 6.07) is 0. The monoisotopic (exact) mass is 830 g/mol. The molecule has 0 aliphatic carbocycles. The minimum Gasteiger partial charge on any atom is -0.330 e. The fourth-order valence-electron chi connectivity index (χ4n) is 9.98. The van der Waals surface area contributed by atoms with Gasteiger partial charge in [-0.25, -0.2) is 0 Å². The second-order valence-electron chi connectivity index (χ2n) is 20.3. The standard InChI is InChI=1S/C58H119N/c1-3-5-7-9-11-13-15-17-19-21-23-26-30-34-38-42-46-50-54-58(56-52-48-44-40-36-32-28-25-29-33-37-41-45-49-53-57-59)55-51-47-43-39-35-31-27-24-22-20-18-16-14-12-10-8-6-4-2/h58H,3-57,59H2,1-2H3. The SMILES string of the molecule is CCCCCCCCCCCCCCCCCCCCC(CCCCCCCCCCCCCCCCCN)CCCCCCCCCCCCCCCCCCCC. The van der Waals surface area contributed by atoms with Gasteiger partial charge in [-0.1, -0.05) is 354 Å². The van der Waals surface area contributed by atoms with Crippen LogP contribution < -0.4 is 5.73 Å². The normalized spacial score (nSPS) is 11.8. The van der Waals surface area contributed by atoms with Gasteiger partial charge in [-0.3, -0.25) is 0 Å².